The molecule has 0 saturated heterocycles. The highest BCUT2D eigenvalue weighted by Gasteiger charge is 2.21. The van der Waals surface area contributed by atoms with Crippen molar-refractivity contribution in [2.75, 3.05) is 12.4 Å². The topological polar surface area (TPSA) is 77.5 Å². The van der Waals surface area contributed by atoms with E-state index in [9.17, 15) is 22.8 Å². The molecule has 1 aliphatic heterocycles. The molecule has 42 heavy (non-hydrogen) atoms. The SMILES string of the molecule is COC(=O)Cc1ccc2c(c1)NC(=O)CCCCC(c1ccc(-c3c(F)cccc3OC(F)F)cn1)c1cccc-2c1. The molecule has 0 spiro atoms. The van der Waals surface area contributed by atoms with E-state index in [1.165, 1.54) is 31.5 Å². The smallest absolute Gasteiger partial charge is 0.387 e. The summed E-state index contributed by atoms with van der Waals surface area (Å²) >= 11 is 0. The maximum Gasteiger partial charge on any atom is 0.387 e. The lowest BCUT2D eigenvalue weighted by atomic mass is 9.87. The standard InChI is InChI=1S/C33H29F3N2O4/c1-41-31(40)17-20-12-14-25-22-7-4-6-21(18-22)24(8-2-3-11-30(39)38-28(25)16-20)27-15-13-23(19-37-27)32-26(34)9-5-10-29(32)42-33(35)36/h4-7,9-10,12-16,18-19,24,33H,2-3,8,11,17H2,1H3,(H,38,39). The van der Waals surface area contributed by atoms with Crippen LogP contribution in [0.2, 0.25) is 0 Å². The van der Waals surface area contributed by atoms with Crippen LogP contribution in [-0.2, 0) is 20.7 Å². The molecule has 0 fully saturated rings. The molecule has 216 valence electrons. The van der Waals surface area contributed by atoms with Crippen LogP contribution in [0.15, 0.2) is 79.0 Å². The average molecular weight is 575 g/mol. The number of methoxy groups -OCH3 is 1. The van der Waals surface area contributed by atoms with Gasteiger partial charge < -0.3 is 14.8 Å². The number of esters is 1. The molecule has 1 unspecified atom stereocenters. The number of fused-ring (bicyclic) bond motifs is 4. The molecule has 6 nitrogen and oxygen atoms in total. The van der Waals surface area contributed by atoms with E-state index in [2.05, 4.69) is 21.1 Å². The molecule has 3 aromatic carbocycles. The van der Waals surface area contributed by atoms with Gasteiger partial charge in [-0.1, -0.05) is 55.0 Å². The van der Waals surface area contributed by atoms with Crippen LogP contribution in [0, 0.1) is 5.82 Å². The Morgan fingerprint density at radius 1 is 1.02 bits per heavy atom. The molecule has 4 aromatic rings. The molecule has 1 aromatic heterocycles. The third-order valence-corrected chi connectivity index (χ3v) is 7.30. The predicted molar refractivity (Wildman–Crippen MR) is 153 cm³/mol. The van der Waals surface area contributed by atoms with E-state index in [1.54, 1.807) is 18.2 Å². The number of nitrogens with zero attached hydrogens (tertiary/aromatic N) is 1. The molecule has 1 amide bonds. The molecule has 0 radical (unpaired) electrons. The van der Waals surface area contributed by atoms with Crippen LogP contribution in [0.1, 0.15) is 48.4 Å². The second kappa shape index (κ2) is 12.9. The minimum atomic E-state index is -3.09. The number of anilines is 1. The van der Waals surface area contributed by atoms with Gasteiger partial charge in [0, 0.05) is 41.0 Å². The zero-order valence-electron chi connectivity index (χ0n) is 22.9. The third-order valence-electron chi connectivity index (χ3n) is 7.30. The Morgan fingerprint density at radius 3 is 2.62 bits per heavy atom. The summed E-state index contributed by atoms with van der Waals surface area (Å²) in [6.45, 7) is -3.09. The summed E-state index contributed by atoms with van der Waals surface area (Å²) in [5, 5.41) is 3.01. The molecular formula is C33H29F3N2O4. The Balaban J connectivity index is 1.51. The minimum absolute atomic E-state index is 0.0771. The number of benzene rings is 3. The average Bonchev–Trinajstić information content (AvgIpc) is 2.97. The number of nitrogens with one attached hydrogen (secondary N) is 1. The van der Waals surface area contributed by atoms with Crippen LogP contribution in [0.4, 0.5) is 18.9 Å². The number of hydrogen-bond acceptors (Lipinski definition) is 5. The molecule has 1 atom stereocenters. The van der Waals surface area contributed by atoms with Gasteiger partial charge in [-0.3, -0.25) is 14.6 Å². The molecule has 9 heteroatoms. The first-order valence-corrected chi connectivity index (χ1v) is 13.6. The Morgan fingerprint density at radius 2 is 1.86 bits per heavy atom. The normalized spacial score (nSPS) is 15.2. The second-order valence-electron chi connectivity index (χ2n) is 10.1. The van der Waals surface area contributed by atoms with Crippen LogP contribution >= 0.6 is 0 Å². The lowest BCUT2D eigenvalue weighted by molar-refractivity contribution is -0.139. The first-order valence-electron chi connectivity index (χ1n) is 13.6. The number of amides is 1. The fourth-order valence-corrected chi connectivity index (χ4v) is 5.29. The molecule has 5 rings (SSSR count). The summed E-state index contributed by atoms with van der Waals surface area (Å²) in [6, 6.07) is 20.7. The first-order chi connectivity index (χ1) is 20.3. The first kappa shape index (κ1) is 28.9. The number of alkyl halides is 2. The monoisotopic (exact) mass is 574 g/mol. The van der Waals surface area contributed by atoms with Crippen molar-refractivity contribution in [3.05, 3.63) is 102 Å². The molecule has 1 N–H and O–H groups in total. The fourth-order valence-electron chi connectivity index (χ4n) is 5.29. The Labute approximate surface area is 241 Å². The summed E-state index contributed by atoms with van der Waals surface area (Å²) < 4.78 is 49.9. The molecule has 2 heterocycles. The maximum absolute atomic E-state index is 14.7. The quantitative estimate of drug-likeness (QED) is 0.241. The van der Waals surface area contributed by atoms with E-state index >= 15 is 0 Å². The van der Waals surface area contributed by atoms with E-state index in [1.807, 2.05) is 30.3 Å². The van der Waals surface area contributed by atoms with Gasteiger partial charge in [0.05, 0.1) is 19.1 Å². The van der Waals surface area contributed by atoms with Crippen molar-refractivity contribution >= 4 is 17.6 Å². The number of pyridine rings is 1. The van der Waals surface area contributed by atoms with Crippen molar-refractivity contribution < 1.29 is 32.2 Å². The van der Waals surface area contributed by atoms with E-state index in [-0.39, 0.29) is 35.5 Å². The summed E-state index contributed by atoms with van der Waals surface area (Å²) in [5.41, 5.74) is 5.03. The Hall–Kier alpha value is -4.66. The van der Waals surface area contributed by atoms with Crippen LogP contribution in [0.5, 0.6) is 5.75 Å². The largest absolute Gasteiger partial charge is 0.469 e. The van der Waals surface area contributed by atoms with Crippen molar-refractivity contribution in [3.63, 3.8) is 0 Å². The number of carbonyl (C=O) groups is 2. The summed E-state index contributed by atoms with van der Waals surface area (Å²) in [5.74, 6) is -1.56. The van der Waals surface area contributed by atoms with Crippen LogP contribution in [0.25, 0.3) is 22.3 Å². The number of halogens is 3. The second-order valence-corrected chi connectivity index (χ2v) is 10.1. The molecule has 1 aliphatic rings. The minimum Gasteiger partial charge on any atom is -0.469 e. The van der Waals surface area contributed by atoms with Crippen LogP contribution < -0.4 is 10.1 Å². The number of hydrogen-bond donors (Lipinski definition) is 1. The summed E-state index contributed by atoms with van der Waals surface area (Å²) in [6.07, 6.45) is 4.01. The van der Waals surface area contributed by atoms with E-state index in [0.717, 1.165) is 34.4 Å². The van der Waals surface area contributed by atoms with Crippen LogP contribution in [0.3, 0.4) is 0 Å². The van der Waals surface area contributed by atoms with Crippen molar-refractivity contribution in [2.45, 2.75) is 44.6 Å². The molecular weight excluding hydrogens is 545 g/mol. The number of aromatic nitrogens is 1. The van der Waals surface area contributed by atoms with E-state index < -0.39 is 12.4 Å². The van der Waals surface area contributed by atoms with Gasteiger partial charge in [-0.05, 0) is 53.8 Å². The summed E-state index contributed by atoms with van der Waals surface area (Å²) in [7, 11) is 1.33. The summed E-state index contributed by atoms with van der Waals surface area (Å²) in [4.78, 5) is 29.3. The Bertz CT molecular complexity index is 1590. The number of ether oxygens (including phenoxy) is 2. The number of rotatable bonds is 6. The van der Waals surface area contributed by atoms with Gasteiger partial charge >= 0.3 is 12.6 Å². The van der Waals surface area contributed by atoms with E-state index in [0.29, 0.717) is 30.5 Å². The van der Waals surface area contributed by atoms with Gasteiger partial charge in [0.1, 0.15) is 11.6 Å². The van der Waals surface area contributed by atoms with Gasteiger partial charge in [-0.25, -0.2) is 4.39 Å². The van der Waals surface area contributed by atoms with Gasteiger partial charge in [0.2, 0.25) is 5.91 Å². The molecule has 0 saturated carbocycles. The number of carbonyl (C=O) groups excluding carboxylic acids is 2. The molecule has 0 aliphatic carbocycles. The lowest BCUT2D eigenvalue weighted by Gasteiger charge is -2.21. The maximum atomic E-state index is 14.7. The van der Waals surface area contributed by atoms with Crippen molar-refractivity contribution in [1.82, 2.24) is 4.98 Å². The zero-order chi connectivity index (χ0) is 29.6. The van der Waals surface area contributed by atoms with Gasteiger partial charge in [-0.15, -0.1) is 0 Å². The van der Waals surface area contributed by atoms with Crippen molar-refractivity contribution in [3.8, 4) is 28.0 Å². The molecule has 2 bridgehead atoms. The Kier molecular flexibility index (Phi) is 8.85. The van der Waals surface area contributed by atoms with Crippen LogP contribution in [-0.4, -0.2) is 30.6 Å². The van der Waals surface area contributed by atoms with Gasteiger partial charge in [-0.2, -0.15) is 8.78 Å². The highest BCUT2D eigenvalue weighted by molar-refractivity contribution is 5.96. The third kappa shape index (κ3) is 6.62. The lowest BCUT2D eigenvalue weighted by Crippen LogP contribution is -2.14. The predicted octanol–water partition coefficient (Wildman–Crippen LogP) is 7.52. The highest BCUT2D eigenvalue weighted by Crippen LogP contribution is 2.37. The highest BCUT2D eigenvalue weighted by atomic mass is 19.3. The van der Waals surface area contributed by atoms with Crippen molar-refractivity contribution in [1.29, 1.82) is 0 Å². The van der Waals surface area contributed by atoms with Crippen molar-refractivity contribution in [2.24, 2.45) is 0 Å². The van der Waals surface area contributed by atoms with Gasteiger partial charge in [0.15, 0.2) is 0 Å². The zero-order valence-corrected chi connectivity index (χ0v) is 22.9. The van der Waals surface area contributed by atoms with Gasteiger partial charge in [0.25, 0.3) is 0 Å². The fraction of sp³-hybridized carbons (Fsp3) is 0.242. The van der Waals surface area contributed by atoms with E-state index in [4.69, 9.17) is 4.74 Å².